The highest BCUT2D eigenvalue weighted by Gasteiger charge is 2.13. The van der Waals surface area contributed by atoms with Gasteiger partial charge in [-0.05, 0) is 44.5 Å². The van der Waals surface area contributed by atoms with Crippen molar-refractivity contribution in [1.29, 1.82) is 0 Å². The molecule has 0 aromatic heterocycles. The molecule has 0 fully saturated rings. The Labute approximate surface area is 119 Å². The largest absolute Gasteiger partial charge is 0.496 e. The Morgan fingerprint density at radius 2 is 1.70 bits per heavy atom. The number of benzene rings is 2. The van der Waals surface area contributed by atoms with Crippen molar-refractivity contribution in [3.05, 3.63) is 58.9 Å². The smallest absolute Gasteiger partial charge is 0.146 e. The molecule has 2 nitrogen and oxygen atoms in total. The Kier molecular flexibility index (Phi) is 4.28. The molecule has 20 heavy (non-hydrogen) atoms. The summed E-state index contributed by atoms with van der Waals surface area (Å²) >= 11 is 0. The molecule has 0 radical (unpaired) electrons. The van der Waals surface area contributed by atoms with Gasteiger partial charge in [-0.3, -0.25) is 0 Å². The highest BCUT2D eigenvalue weighted by atomic mass is 19.1. The van der Waals surface area contributed by atoms with E-state index in [1.54, 1.807) is 13.2 Å². The Balaban J connectivity index is 2.27. The van der Waals surface area contributed by atoms with Crippen LogP contribution in [0, 0.1) is 19.7 Å². The zero-order valence-corrected chi connectivity index (χ0v) is 12.3. The lowest BCUT2D eigenvalue weighted by molar-refractivity contribution is 0.407. The molecule has 0 saturated carbocycles. The number of ether oxygens (including phenoxy) is 1. The highest BCUT2D eigenvalue weighted by Crippen LogP contribution is 2.29. The minimum absolute atomic E-state index is 0.0398. The molecular weight excluding hydrogens is 253 g/mol. The Hall–Kier alpha value is -2.03. The van der Waals surface area contributed by atoms with Gasteiger partial charge in [-0.2, -0.15) is 0 Å². The Bertz CT molecular complexity index is 610. The van der Waals surface area contributed by atoms with Crippen LogP contribution in [0.25, 0.3) is 0 Å². The molecular formula is C17H20FNO. The molecule has 0 aliphatic heterocycles. The van der Waals surface area contributed by atoms with Crippen molar-refractivity contribution >= 4 is 5.69 Å². The molecule has 2 aromatic carbocycles. The van der Waals surface area contributed by atoms with E-state index in [4.69, 9.17) is 4.74 Å². The average molecular weight is 273 g/mol. The van der Waals surface area contributed by atoms with Crippen molar-refractivity contribution in [2.24, 2.45) is 0 Å². The van der Waals surface area contributed by atoms with Crippen molar-refractivity contribution < 1.29 is 9.13 Å². The monoisotopic (exact) mass is 273 g/mol. The highest BCUT2D eigenvalue weighted by molar-refractivity contribution is 5.50. The van der Waals surface area contributed by atoms with Gasteiger partial charge in [0, 0.05) is 5.56 Å². The van der Waals surface area contributed by atoms with Crippen LogP contribution in [0.4, 0.5) is 10.1 Å². The van der Waals surface area contributed by atoms with E-state index < -0.39 is 0 Å². The lowest BCUT2D eigenvalue weighted by Gasteiger charge is -2.19. The molecule has 106 valence electrons. The summed E-state index contributed by atoms with van der Waals surface area (Å²) in [7, 11) is 1.65. The van der Waals surface area contributed by atoms with Crippen LogP contribution >= 0.6 is 0 Å². The molecule has 0 aliphatic carbocycles. The molecule has 1 N–H and O–H groups in total. The van der Waals surface area contributed by atoms with Crippen LogP contribution in [0.3, 0.4) is 0 Å². The van der Waals surface area contributed by atoms with Crippen molar-refractivity contribution in [3.8, 4) is 5.75 Å². The predicted octanol–water partition coefficient (Wildman–Crippen LogP) is 4.62. The molecule has 0 bridgehead atoms. The molecule has 0 saturated heterocycles. The van der Waals surface area contributed by atoms with Crippen LogP contribution in [0.2, 0.25) is 0 Å². The number of hydrogen-bond donors (Lipinski definition) is 1. The summed E-state index contributed by atoms with van der Waals surface area (Å²) < 4.78 is 19.3. The molecule has 3 heteroatoms. The zero-order chi connectivity index (χ0) is 14.7. The minimum atomic E-state index is -0.233. The summed E-state index contributed by atoms with van der Waals surface area (Å²) in [4.78, 5) is 0. The number of hydrogen-bond acceptors (Lipinski definition) is 2. The molecule has 0 heterocycles. The average Bonchev–Trinajstić information content (AvgIpc) is 2.41. The van der Waals surface area contributed by atoms with E-state index in [0.717, 1.165) is 22.4 Å². The summed E-state index contributed by atoms with van der Waals surface area (Å²) in [5, 5.41) is 3.20. The van der Waals surface area contributed by atoms with E-state index in [2.05, 4.69) is 11.4 Å². The summed E-state index contributed by atoms with van der Waals surface area (Å²) in [5.74, 6) is 0.576. The van der Waals surface area contributed by atoms with Crippen molar-refractivity contribution in [2.45, 2.75) is 26.8 Å². The van der Waals surface area contributed by atoms with Gasteiger partial charge >= 0.3 is 0 Å². The van der Waals surface area contributed by atoms with Gasteiger partial charge in [0.2, 0.25) is 0 Å². The second-order valence-corrected chi connectivity index (χ2v) is 5.09. The first kappa shape index (κ1) is 14.4. The number of methoxy groups -OCH3 is 1. The molecule has 0 aliphatic rings. The van der Waals surface area contributed by atoms with Gasteiger partial charge in [0.15, 0.2) is 0 Å². The van der Waals surface area contributed by atoms with E-state index in [-0.39, 0.29) is 11.9 Å². The van der Waals surface area contributed by atoms with Gasteiger partial charge in [0.05, 0.1) is 18.8 Å². The first-order valence-corrected chi connectivity index (χ1v) is 6.68. The fourth-order valence-electron chi connectivity index (χ4n) is 2.24. The van der Waals surface area contributed by atoms with Crippen molar-refractivity contribution in [3.63, 3.8) is 0 Å². The van der Waals surface area contributed by atoms with Gasteiger partial charge in [0.1, 0.15) is 11.6 Å². The van der Waals surface area contributed by atoms with Gasteiger partial charge in [-0.1, -0.05) is 23.8 Å². The van der Waals surface area contributed by atoms with E-state index in [1.165, 1.54) is 6.07 Å². The number of aryl methyl sites for hydroxylation is 2. The van der Waals surface area contributed by atoms with Crippen LogP contribution < -0.4 is 10.1 Å². The van der Waals surface area contributed by atoms with Crippen LogP contribution in [0.15, 0.2) is 36.4 Å². The molecule has 2 rings (SSSR count). The topological polar surface area (TPSA) is 21.3 Å². The molecule has 1 atom stereocenters. The second kappa shape index (κ2) is 5.95. The van der Waals surface area contributed by atoms with Crippen LogP contribution in [0.5, 0.6) is 5.75 Å². The van der Waals surface area contributed by atoms with E-state index in [0.29, 0.717) is 5.69 Å². The standard InChI is InChI=1S/C17H20FNO/c1-11-6-8-17(20-4)14(9-11)13(3)19-16-7-5-12(2)10-15(16)18/h5-10,13,19H,1-4H3. The SMILES string of the molecule is COc1ccc(C)cc1C(C)Nc1ccc(C)cc1F. The first-order chi connectivity index (χ1) is 9.51. The lowest BCUT2D eigenvalue weighted by atomic mass is 10.0. The zero-order valence-electron chi connectivity index (χ0n) is 12.3. The number of nitrogens with one attached hydrogen (secondary N) is 1. The lowest BCUT2D eigenvalue weighted by Crippen LogP contribution is -2.09. The summed E-state index contributed by atoms with van der Waals surface area (Å²) in [6, 6.07) is 11.2. The van der Waals surface area contributed by atoms with Crippen LogP contribution in [-0.2, 0) is 0 Å². The maximum absolute atomic E-state index is 13.9. The maximum atomic E-state index is 13.9. The fraction of sp³-hybridized carbons (Fsp3) is 0.294. The van der Waals surface area contributed by atoms with Crippen molar-refractivity contribution in [1.82, 2.24) is 0 Å². The molecule has 1 unspecified atom stereocenters. The second-order valence-electron chi connectivity index (χ2n) is 5.09. The normalized spacial score (nSPS) is 12.1. The third-order valence-corrected chi connectivity index (χ3v) is 3.35. The minimum Gasteiger partial charge on any atom is -0.496 e. The Morgan fingerprint density at radius 1 is 1.05 bits per heavy atom. The maximum Gasteiger partial charge on any atom is 0.146 e. The molecule has 0 spiro atoms. The van der Waals surface area contributed by atoms with Crippen molar-refractivity contribution in [2.75, 3.05) is 12.4 Å². The van der Waals surface area contributed by atoms with E-state index in [9.17, 15) is 4.39 Å². The van der Waals surface area contributed by atoms with Gasteiger partial charge < -0.3 is 10.1 Å². The quantitative estimate of drug-likeness (QED) is 0.877. The third kappa shape index (κ3) is 3.10. The Morgan fingerprint density at radius 3 is 2.35 bits per heavy atom. The van der Waals surface area contributed by atoms with Crippen LogP contribution in [0.1, 0.15) is 29.7 Å². The summed E-state index contributed by atoms with van der Waals surface area (Å²) in [6.07, 6.45) is 0. The van der Waals surface area contributed by atoms with Gasteiger partial charge in [0.25, 0.3) is 0 Å². The predicted molar refractivity (Wildman–Crippen MR) is 80.9 cm³/mol. The molecule has 2 aromatic rings. The van der Waals surface area contributed by atoms with Gasteiger partial charge in [-0.25, -0.2) is 4.39 Å². The van der Waals surface area contributed by atoms with E-state index in [1.807, 2.05) is 39.0 Å². The third-order valence-electron chi connectivity index (χ3n) is 3.35. The first-order valence-electron chi connectivity index (χ1n) is 6.68. The van der Waals surface area contributed by atoms with Crippen LogP contribution in [-0.4, -0.2) is 7.11 Å². The van der Waals surface area contributed by atoms with Gasteiger partial charge in [-0.15, -0.1) is 0 Å². The number of anilines is 1. The number of rotatable bonds is 4. The summed E-state index contributed by atoms with van der Waals surface area (Å²) in [6.45, 7) is 5.90. The summed E-state index contributed by atoms with van der Waals surface area (Å²) in [5.41, 5.74) is 3.59. The number of halogens is 1. The fourth-order valence-corrected chi connectivity index (χ4v) is 2.24. The molecule has 0 amide bonds. The van der Waals surface area contributed by atoms with E-state index >= 15 is 0 Å².